The molecule has 30 heavy (non-hydrogen) atoms. The molecule has 0 atom stereocenters. The van der Waals surface area contributed by atoms with Crippen molar-refractivity contribution in [2.45, 2.75) is 26.4 Å². The van der Waals surface area contributed by atoms with Crippen LogP contribution in [0.3, 0.4) is 0 Å². The number of nitrogens with one attached hydrogen (secondary N) is 3. The Morgan fingerprint density at radius 1 is 0.867 bits per heavy atom. The lowest BCUT2D eigenvalue weighted by molar-refractivity contribution is -0.118. The number of ether oxygens (including phenoxy) is 2. The zero-order valence-electron chi connectivity index (χ0n) is 17.0. The lowest BCUT2D eigenvalue weighted by atomic mass is 10.2. The van der Waals surface area contributed by atoms with Gasteiger partial charge in [-0.05, 0) is 69.3 Å². The van der Waals surface area contributed by atoms with Gasteiger partial charge in [0.2, 0.25) is 5.91 Å². The van der Waals surface area contributed by atoms with Crippen molar-refractivity contribution in [3.05, 3.63) is 53.6 Å². The van der Waals surface area contributed by atoms with Crippen LogP contribution in [-0.2, 0) is 14.3 Å². The van der Waals surface area contributed by atoms with Crippen LogP contribution in [0.15, 0.2) is 48.5 Å². The average molecular weight is 434 g/mol. The topological polar surface area (TPSA) is 106 Å². The summed E-state index contributed by atoms with van der Waals surface area (Å²) in [4.78, 5) is 35.4. The van der Waals surface area contributed by atoms with E-state index in [0.717, 1.165) is 0 Å². The molecule has 0 aliphatic carbocycles. The highest BCUT2D eigenvalue weighted by Gasteiger charge is 2.16. The molecule has 0 heterocycles. The summed E-state index contributed by atoms with van der Waals surface area (Å²) in [5.74, 6) is -0.204. The number of hydrogen-bond acceptors (Lipinski definition) is 5. The van der Waals surface area contributed by atoms with Gasteiger partial charge in [-0.1, -0.05) is 11.6 Å². The molecule has 8 nitrogen and oxygen atoms in total. The zero-order valence-corrected chi connectivity index (χ0v) is 17.7. The van der Waals surface area contributed by atoms with Crippen molar-refractivity contribution in [2.75, 3.05) is 23.8 Å². The van der Waals surface area contributed by atoms with E-state index in [9.17, 15) is 14.4 Å². The van der Waals surface area contributed by atoms with E-state index in [-0.39, 0.29) is 19.1 Å². The van der Waals surface area contributed by atoms with Crippen molar-refractivity contribution in [3.8, 4) is 5.75 Å². The molecule has 0 fully saturated rings. The molecule has 2 aromatic carbocycles. The predicted molar refractivity (Wildman–Crippen MR) is 115 cm³/mol. The molecule has 0 spiro atoms. The molecule has 0 aliphatic rings. The Kier molecular flexibility index (Phi) is 8.06. The number of benzene rings is 2. The van der Waals surface area contributed by atoms with Crippen molar-refractivity contribution < 1.29 is 23.9 Å². The fourth-order valence-electron chi connectivity index (χ4n) is 2.19. The normalized spacial score (nSPS) is 10.7. The van der Waals surface area contributed by atoms with Crippen molar-refractivity contribution in [1.82, 2.24) is 5.32 Å². The van der Waals surface area contributed by atoms with Crippen LogP contribution in [0.25, 0.3) is 0 Å². The maximum atomic E-state index is 12.0. The molecule has 0 aliphatic heterocycles. The van der Waals surface area contributed by atoms with Gasteiger partial charge in [0, 0.05) is 16.4 Å². The number of hydrogen-bond donors (Lipinski definition) is 3. The summed E-state index contributed by atoms with van der Waals surface area (Å²) >= 11 is 5.80. The Bertz CT molecular complexity index is 877. The number of rotatable bonds is 7. The minimum atomic E-state index is -0.670. The maximum absolute atomic E-state index is 12.0. The number of carbonyl (C=O) groups excluding carboxylic acids is 3. The Morgan fingerprint density at radius 3 is 1.93 bits per heavy atom. The van der Waals surface area contributed by atoms with Gasteiger partial charge in [0.15, 0.2) is 6.61 Å². The number of halogens is 1. The van der Waals surface area contributed by atoms with Gasteiger partial charge in [-0.15, -0.1) is 0 Å². The van der Waals surface area contributed by atoms with Gasteiger partial charge in [-0.3, -0.25) is 9.59 Å². The fourth-order valence-corrected chi connectivity index (χ4v) is 2.31. The summed E-state index contributed by atoms with van der Waals surface area (Å²) < 4.78 is 10.4. The van der Waals surface area contributed by atoms with Gasteiger partial charge in [0.1, 0.15) is 17.9 Å². The summed E-state index contributed by atoms with van der Waals surface area (Å²) in [5.41, 5.74) is 0.423. The summed E-state index contributed by atoms with van der Waals surface area (Å²) in [6.07, 6.45) is -0.670. The monoisotopic (exact) mass is 433 g/mol. The van der Waals surface area contributed by atoms with Crippen molar-refractivity contribution in [1.29, 1.82) is 0 Å². The first-order valence-corrected chi connectivity index (χ1v) is 9.53. The minimum Gasteiger partial charge on any atom is -0.484 e. The Hall–Kier alpha value is -3.26. The number of carbonyl (C=O) groups is 3. The quantitative estimate of drug-likeness (QED) is 0.615. The lowest BCUT2D eigenvalue weighted by Crippen LogP contribution is -2.37. The van der Waals surface area contributed by atoms with Crippen LogP contribution in [0.1, 0.15) is 20.8 Å². The molecule has 0 aromatic heterocycles. The molecule has 160 valence electrons. The van der Waals surface area contributed by atoms with E-state index in [1.54, 1.807) is 69.3 Å². The van der Waals surface area contributed by atoms with Gasteiger partial charge in [0.25, 0.3) is 5.91 Å². The van der Waals surface area contributed by atoms with Crippen LogP contribution in [0.5, 0.6) is 5.75 Å². The second kappa shape index (κ2) is 10.5. The molecule has 0 radical (unpaired) electrons. The van der Waals surface area contributed by atoms with Crippen LogP contribution in [0, 0.1) is 0 Å². The SMILES string of the molecule is CC(C)(C)OC(=O)NCC(=O)Nc1ccc(NC(=O)COc2ccc(Cl)cc2)cc1. The third-order valence-corrected chi connectivity index (χ3v) is 3.68. The van der Waals surface area contributed by atoms with Crippen molar-refractivity contribution in [3.63, 3.8) is 0 Å². The fraction of sp³-hybridized carbons (Fsp3) is 0.286. The molecule has 0 saturated heterocycles. The van der Waals surface area contributed by atoms with Crippen LogP contribution in [0.2, 0.25) is 5.02 Å². The van der Waals surface area contributed by atoms with Gasteiger partial charge in [-0.25, -0.2) is 4.79 Å². The highest BCUT2D eigenvalue weighted by atomic mass is 35.5. The lowest BCUT2D eigenvalue weighted by Gasteiger charge is -2.19. The average Bonchev–Trinajstić information content (AvgIpc) is 2.66. The molecule has 9 heteroatoms. The molecule has 3 amide bonds. The number of anilines is 2. The van der Waals surface area contributed by atoms with Crippen LogP contribution < -0.4 is 20.7 Å². The van der Waals surface area contributed by atoms with E-state index in [0.29, 0.717) is 22.1 Å². The number of alkyl carbamates (subject to hydrolysis) is 1. The van der Waals surface area contributed by atoms with Crippen molar-refractivity contribution in [2.24, 2.45) is 0 Å². The molecule has 0 bridgehead atoms. The molecule has 2 aromatic rings. The first kappa shape index (κ1) is 23.0. The van der Waals surface area contributed by atoms with E-state index < -0.39 is 17.6 Å². The second-order valence-electron chi connectivity index (χ2n) is 7.27. The summed E-state index contributed by atoms with van der Waals surface area (Å²) in [5, 5.41) is 8.28. The molecular weight excluding hydrogens is 410 g/mol. The third-order valence-electron chi connectivity index (χ3n) is 3.43. The minimum absolute atomic E-state index is 0.156. The van der Waals surface area contributed by atoms with E-state index >= 15 is 0 Å². The first-order chi connectivity index (χ1) is 14.1. The van der Waals surface area contributed by atoms with Gasteiger partial charge in [-0.2, -0.15) is 0 Å². The maximum Gasteiger partial charge on any atom is 0.408 e. The molecule has 2 rings (SSSR count). The smallest absolute Gasteiger partial charge is 0.408 e. The van der Waals surface area contributed by atoms with Gasteiger partial charge >= 0.3 is 6.09 Å². The first-order valence-electron chi connectivity index (χ1n) is 9.16. The Balaban J connectivity index is 1.74. The highest BCUT2D eigenvalue weighted by Crippen LogP contribution is 2.16. The largest absolute Gasteiger partial charge is 0.484 e. The van der Waals surface area contributed by atoms with Crippen molar-refractivity contribution >= 4 is 40.9 Å². The highest BCUT2D eigenvalue weighted by molar-refractivity contribution is 6.30. The summed E-state index contributed by atoms with van der Waals surface area (Å²) in [6, 6.07) is 13.2. The summed E-state index contributed by atoms with van der Waals surface area (Å²) in [6.45, 7) is 4.82. The molecule has 0 saturated carbocycles. The summed E-state index contributed by atoms with van der Waals surface area (Å²) in [7, 11) is 0. The predicted octanol–water partition coefficient (Wildman–Crippen LogP) is 3.82. The van der Waals surface area contributed by atoms with Gasteiger partial charge in [0.05, 0.1) is 0 Å². The molecular formula is C21H24ClN3O5. The standard InChI is InChI=1S/C21H24ClN3O5/c1-21(2,3)30-20(28)23-12-18(26)24-15-6-8-16(9-7-15)25-19(27)13-29-17-10-4-14(22)5-11-17/h4-11H,12-13H2,1-3H3,(H,23,28)(H,24,26)(H,25,27). The van der Waals surface area contributed by atoms with E-state index in [4.69, 9.17) is 21.1 Å². The second-order valence-corrected chi connectivity index (χ2v) is 7.71. The van der Waals surface area contributed by atoms with E-state index in [1.165, 1.54) is 0 Å². The van der Waals surface area contributed by atoms with Crippen LogP contribution >= 0.6 is 11.6 Å². The van der Waals surface area contributed by atoms with E-state index in [2.05, 4.69) is 16.0 Å². The van der Waals surface area contributed by atoms with Crippen LogP contribution in [0.4, 0.5) is 16.2 Å². The number of amides is 3. The van der Waals surface area contributed by atoms with Crippen LogP contribution in [-0.4, -0.2) is 36.7 Å². The molecule has 0 unspecified atom stereocenters. The zero-order chi connectivity index (χ0) is 22.1. The Labute approximate surface area is 179 Å². The third kappa shape index (κ3) is 8.83. The molecule has 3 N–H and O–H groups in total. The Morgan fingerprint density at radius 2 is 1.40 bits per heavy atom. The van der Waals surface area contributed by atoms with E-state index in [1.807, 2.05) is 0 Å². The van der Waals surface area contributed by atoms with Gasteiger partial charge < -0.3 is 25.4 Å².